The molecule has 0 heterocycles. The third-order valence-corrected chi connectivity index (χ3v) is 3.47. The van der Waals surface area contributed by atoms with E-state index in [4.69, 9.17) is 5.26 Å². The van der Waals surface area contributed by atoms with Crippen molar-refractivity contribution in [3.63, 3.8) is 0 Å². The predicted octanol–water partition coefficient (Wildman–Crippen LogP) is 3.82. The van der Waals surface area contributed by atoms with Gasteiger partial charge in [0.1, 0.15) is 5.69 Å². The molecule has 5 heteroatoms. The van der Waals surface area contributed by atoms with Crippen molar-refractivity contribution in [1.29, 1.82) is 5.26 Å². The van der Waals surface area contributed by atoms with Gasteiger partial charge < -0.3 is 10.2 Å². The van der Waals surface area contributed by atoms with Crippen molar-refractivity contribution in [2.45, 2.75) is 13.5 Å². The zero-order chi connectivity index (χ0) is 16.3. The Balaban J connectivity index is 2.19. The Morgan fingerprint density at radius 3 is 2.27 bits per heavy atom. The van der Waals surface area contributed by atoms with Gasteiger partial charge >= 0.3 is 0 Å². The first-order valence-corrected chi connectivity index (χ1v) is 6.82. The highest BCUT2D eigenvalue weighted by atomic mass is 19.1. The van der Waals surface area contributed by atoms with Crippen LogP contribution in [0, 0.1) is 29.9 Å². The Hall–Kier alpha value is -2.61. The fourth-order valence-electron chi connectivity index (χ4n) is 2.15. The highest BCUT2D eigenvalue weighted by Gasteiger charge is 2.11. The summed E-state index contributed by atoms with van der Waals surface area (Å²) in [5.41, 5.74) is 2.81. The second kappa shape index (κ2) is 6.44. The molecule has 0 atom stereocenters. The summed E-state index contributed by atoms with van der Waals surface area (Å²) in [6, 6.07) is 9.66. The third-order valence-electron chi connectivity index (χ3n) is 3.47. The molecule has 0 saturated carbocycles. The van der Waals surface area contributed by atoms with Crippen molar-refractivity contribution in [3.8, 4) is 6.07 Å². The van der Waals surface area contributed by atoms with E-state index in [1.165, 1.54) is 0 Å². The number of nitrogens with zero attached hydrogens (tertiary/aromatic N) is 2. The Morgan fingerprint density at radius 2 is 1.77 bits per heavy atom. The normalized spacial score (nSPS) is 10.2. The summed E-state index contributed by atoms with van der Waals surface area (Å²) in [4.78, 5) is 1.99. The van der Waals surface area contributed by atoms with E-state index in [0.29, 0.717) is 6.54 Å². The van der Waals surface area contributed by atoms with Crippen LogP contribution in [0.5, 0.6) is 0 Å². The Morgan fingerprint density at radius 1 is 1.14 bits per heavy atom. The largest absolute Gasteiger partial charge is 0.378 e. The quantitative estimate of drug-likeness (QED) is 0.933. The van der Waals surface area contributed by atoms with Gasteiger partial charge in [-0.1, -0.05) is 6.07 Å². The SMILES string of the molecule is Cc1cc(N(C)C)ccc1CNc1c(F)cc(C#N)cc1F. The van der Waals surface area contributed by atoms with Gasteiger partial charge in [0.25, 0.3) is 0 Å². The standard InChI is InChI=1S/C17H17F2N3/c1-11-6-14(22(2)3)5-4-13(11)10-21-17-15(18)7-12(9-20)8-16(17)19/h4-8,21H,10H2,1-3H3. The smallest absolute Gasteiger partial charge is 0.150 e. The summed E-state index contributed by atoms with van der Waals surface area (Å²) < 4.78 is 27.6. The van der Waals surface area contributed by atoms with Gasteiger partial charge in [0.15, 0.2) is 11.6 Å². The minimum absolute atomic E-state index is 0.0351. The number of nitriles is 1. The summed E-state index contributed by atoms with van der Waals surface area (Å²) in [6.07, 6.45) is 0. The van der Waals surface area contributed by atoms with Crippen LogP contribution in [0.25, 0.3) is 0 Å². The average molecular weight is 301 g/mol. The van der Waals surface area contributed by atoms with Gasteiger partial charge in [0, 0.05) is 26.3 Å². The molecular formula is C17H17F2N3. The monoisotopic (exact) mass is 301 g/mol. The lowest BCUT2D eigenvalue weighted by molar-refractivity contribution is 0.587. The second-order valence-corrected chi connectivity index (χ2v) is 5.29. The Bertz CT molecular complexity index is 710. The van der Waals surface area contributed by atoms with E-state index in [0.717, 1.165) is 28.9 Å². The van der Waals surface area contributed by atoms with Gasteiger partial charge in [-0.05, 0) is 42.3 Å². The summed E-state index contributed by atoms with van der Waals surface area (Å²) in [5.74, 6) is -1.53. The van der Waals surface area contributed by atoms with Crippen LogP contribution in [0.4, 0.5) is 20.2 Å². The molecule has 0 aromatic heterocycles. The van der Waals surface area contributed by atoms with Crippen molar-refractivity contribution in [2.24, 2.45) is 0 Å². The van der Waals surface area contributed by atoms with Crippen molar-refractivity contribution in [2.75, 3.05) is 24.3 Å². The van der Waals surface area contributed by atoms with Gasteiger partial charge in [0.05, 0.1) is 11.6 Å². The van der Waals surface area contributed by atoms with Crippen LogP contribution in [0.1, 0.15) is 16.7 Å². The average Bonchev–Trinajstić information content (AvgIpc) is 2.47. The number of benzene rings is 2. The maximum absolute atomic E-state index is 13.8. The molecule has 1 N–H and O–H groups in total. The molecule has 0 aliphatic heterocycles. The topological polar surface area (TPSA) is 39.1 Å². The van der Waals surface area contributed by atoms with Crippen LogP contribution in [-0.2, 0) is 6.54 Å². The molecule has 0 spiro atoms. The maximum atomic E-state index is 13.8. The van der Waals surface area contributed by atoms with Gasteiger partial charge in [-0.15, -0.1) is 0 Å². The van der Waals surface area contributed by atoms with Crippen LogP contribution in [0.3, 0.4) is 0 Å². The molecule has 0 radical (unpaired) electrons. The van der Waals surface area contributed by atoms with Crippen LogP contribution < -0.4 is 10.2 Å². The lowest BCUT2D eigenvalue weighted by Crippen LogP contribution is -2.10. The number of nitrogens with one attached hydrogen (secondary N) is 1. The van der Waals surface area contributed by atoms with E-state index in [2.05, 4.69) is 5.32 Å². The van der Waals surface area contributed by atoms with Gasteiger partial charge in [-0.25, -0.2) is 8.78 Å². The molecule has 0 unspecified atom stereocenters. The number of aryl methyl sites for hydroxylation is 1. The van der Waals surface area contributed by atoms with Gasteiger partial charge in [0.2, 0.25) is 0 Å². The molecule has 0 saturated heterocycles. The molecule has 3 nitrogen and oxygen atoms in total. The zero-order valence-electron chi connectivity index (χ0n) is 12.7. The Labute approximate surface area is 128 Å². The number of rotatable bonds is 4. The number of anilines is 2. The molecule has 2 aromatic rings. The van der Waals surface area contributed by atoms with Gasteiger partial charge in [-0.2, -0.15) is 5.26 Å². The number of hydrogen-bond donors (Lipinski definition) is 1. The molecule has 22 heavy (non-hydrogen) atoms. The molecular weight excluding hydrogens is 284 g/mol. The minimum Gasteiger partial charge on any atom is -0.378 e. The van der Waals surface area contributed by atoms with E-state index in [9.17, 15) is 8.78 Å². The van der Waals surface area contributed by atoms with Crippen molar-refractivity contribution in [3.05, 3.63) is 58.7 Å². The second-order valence-electron chi connectivity index (χ2n) is 5.29. The van der Waals surface area contributed by atoms with Crippen LogP contribution in [0.2, 0.25) is 0 Å². The van der Waals surface area contributed by atoms with E-state index >= 15 is 0 Å². The molecule has 0 amide bonds. The van der Waals surface area contributed by atoms with E-state index in [1.54, 1.807) is 6.07 Å². The minimum atomic E-state index is -0.765. The summed E-state index contributed by atoms with van der Waals surface area (Å²) >= 11 is 0. The van der Waals surface area contributed by atoms with E-state index in [1.807, 2.05) is 44.1 Å². The fraction of sp³-hybridized carbons (Fsp3) is 0.235. The maximum Gasteiger partial charge on any atom is 0.150 e. The lowest BCUT2D eigenvalue weighted by atomic mass is 10.1. The Kier molecular flexibility index (Phi) is 4.62. The third kappa shape index (κ3) is 3.34. The highest BCUT2D eigenvalue weighted by Crippen LogP contribution is 2.23. The number of hydrogen-bond acceptors (Lipinski definition) is 3. The molecule has 0 aliphatic rings. The first-order valence-electron chi connectivity index (χ1n) is 6.82. The van der Waals surface area contributed by atoms with E-state index < -0.39 is 11.6 Å². The molecule has 0 aliphatic carbocycles. The highest BCUT2D eigenvalue weighted by molar-refractivity contribution is 5.53. The first kappa shape index (κ1) is 15.8. The molecule has 0 bridgehead atoms. The van der Waals surface area contributed by atoms with Crippen molar-refractivity contribution >= 4 is 11.4 Å². The lowest BCUT2D eigenvalue weighted by Gasteiger charge is -2.16. The fourth-order valence-corrected chi connectivity index (χ4v) is 2.15. The summed E-state index contributed by atoms with van der Waals surface area (Å²) in [5, 5.41) is 11.5. The summed E-state index contributed by atoms with van der Waals surface area (Å²) in [7, 11) is 3.91. The molecule has 2 rings (SSSR count). The van der Waals surface area contributed by atoms with Crippen molar-refractivity contribution < 1.29 is 8.78 Å². The zero-order valence-corrected chi connectivity index (χ0v) is 12.7. The first-order chi connectivity index (χ1) is 10.4. The molecule has 2 aromatic carbocycles. The van der Waals surface area contributed by atoms with Gasteiger partial charge in [-0.3, -0.25) is 0 Å². The van der Waals surface area contributed by atoms with Crippen LogP contribution in [-0.4, -0.2) is 14.1 Å². The molecule has 0 fully saturated rings. The van der Waals surface area contributed by atoms with E-state index in [-0.39, 0.29) is 11.3 Å². The predicted molar refractivity (Wildman–Crippen MR) is 83.9 cm³/mol. The van der Waals surface area contributed by atoms with Crippen LogP contribution in [0.15, 0.2) is 30.3 Å². The molecule has 114 valence electrons. The van der Waals surface area contributed by atoms with Crippen LogP contribution >= 0.6 is 0 Å². The number of halogens is 2. The van der Waals surface area contributed by atoms with Crippen molar-refractivity contribution in [1.82, 2.24) is 0 Å². The summed E-state index contributed by atoms with van der Waals surface area (Å²) in [6.45, 7) is 2.26.